The molecular formula is C16H14N2O. The molecule has 3 heteroatoms. The maximum absolute atomic E-state index is 9.50. The Hall–Kier alpha value is -2.55. The SMILES string of the molecule is Cc1cc(O)ccc1-c1ccnn1-c1ccccc1. The van der Waals surface area contributed by atoms with E-state index in [0.29, 0.717) is 0 Å². The summed E-state index contributed by atoms with van der Waals surface area (Å²) >= 11 is 0. The van der Waals surface area contributed by atoms with Crippen LogP contribution in [0.25, 0.3) is 16.9 Å². The molecule has 0 atom stereocenters. The van der Waals surface area contributed by atoms with Gasteiger partial charge in [-0.15, -0.1) is 0 Å². The van der Waals surface area contributed by atoms with Gasteiger partial charge in [-0.3, -0.25) is 0 Å². The summed E-state index contributed by atoms with van der Waals surface area (Å²) in [5.74, 6) is 0.284. The number of hydrogen-bond acceptors (Lipinski definition) is 2. The Morgan fingerprint density at radius 2 is 1.79 bits per heavy atom. The van der Waals surface area contributed by atoms with E-state index in [0.717, 1.165) is 22.5 Å². The molecule has 0 aliphatic carbocycles. The molecule has 0 aliphatic heterocycles. The van der Waals surface area contributed by atoms with Crippen molar-refractivity contribution < 1.29 is 5.11 Å². The molecule has 19 heavy (non-hydrogen) atoms. The van der Waals surface area contributed by atoms with Crippen LogP contribution in [0.15, 0.2) is 60.8 Å². The molecule has 2 aromatic carbocycles. The summed E-state index contributed by atoms with van der Waals surface area (Å²) < 4.78 is 1.90. The Balaban J connectivity index is 2.15. The molecule has 1 N–H and O–H groups in total. The number of aromatic hydroxyl groups is 1. The number of para-hydroxylation sites is 1. The van der Waals surface area contributed by atoms with Crippen LogP contribution in [0.5, 0.6) is 5.75 Å². The molecule has 0 spiro atoms. The summed E-state index contributed by atoms with van der Waals surface area (Å²) in [6.07, 6.45) is 1.79. The zero-order valence-corrected chi connectivity index (χ0v) is 10.6. The van der Waals surface area contributed by atoms with Crippen LogP contribution in [0.1, 0.15) is 5.56 Å². The second-order valence-corrected chi connectivity index (χ2v) is 4.46. The third-order valence-electron chi connectivity index (χ3n) is 3.13. The van der Waals surface area contributed by atoms with Gasteiger partial charge in [-0.05, 0) is 48.9 Å². The molecule has 0 saturated heterocycles. The van der Waals surface area contributed by atoms with Gasteiger partial charge in [-0.25, -0.2) is 4.68 Å². The number of phenolic OH excluding ortho intramolecular Hbond substituents is 1. The van der Waals surface area contributed by atoms with E-state index in [-0.39, 0.29) is 5.75 Å². The van der Waals surface area contributed by atoms with Crippen LogP contribution in [0.2, 0.25) is 0 Å². The Bertz CT molecular complexity index is 702. The number of aryl methyl sites for hydroxylation is 1. The quantitative estimate of drug-likeness (QED) is 0.755. The van der Waals surface area contributed by atoms with Crippen LogP contribution in [0, 0.1) is 6.92 Å². The van der Waals surface area contributed by atoms with Gasteiger partial charge >= 0.3 is 0 Å². The summed E-state index contributed by atoms with van der Waals surface area (Å²) in [4.78, 5) is 0. The smallest absolute Gasteiger partial charge is 0.115 e. The highest BCUT2D eigenvalue weighted by Crippen LogP contribution is 2.27. The molecule has 0 radical (unpaired) electrons. The Labute approximate surface area is 111 Å². The van der Waals surface area contributed by atoms with Crippen LogP contribution in [0.3, 0.4) is 0 Å². The molecule has 94 valence electrons. The number of aromatic nitrogens is 2. The van der Waals surface area contributed by atoms with Crippen molar-refractivity contribution in [1.29, 1.82) is 0 Å². The van der Waals surface area contributed by atoms with Crippen LogP contribution in [0.4, 0.5) is 0 Å². The minimum atomic E-state index is 0.284. The summed E-state index contributed by atoms with van der Waals surface area (Å²) in [6, 6.07) is 17.4. The zero-order chi connectivity index (χ0) is 13.2. The monoisotopic (exact) mass is 250 g/mol. The lowest BCUT2D eigenvalue weighted by Crippen LogP contribution is -1.99. The Kier molecular flexibility index (Phi) is 2.80. The van der Waals surface area contributed by atoms with Gasteiger partial charge in [0.2, 0.25) is 0 Å². The van der Waals surface area contributed by atoms with Crippen molar-refractivity contribution in [3.05, 3.63) is 66.4 Å². The number of benzene rings is 2. The van der Waals surface area contributed by atoms with E-state index in [1.165, 1.54) is 0 Å². The number of phenols is 1. The van der Waals surface area contributed by atoms with Crippen molar-refractivity contribution in [1.82, 2.24) is 9.78 Å². The zero-order valence-electron chi connectivity index (χ0n) is 10.6. The lowest BCUT2D eigenvalue weighted by atomic mass is 10.1. The van der Waals surface area contributed by atoms with Crippen LogP contribution < -0.4 is 0 Å². The van der Waals surface area contributed by atoms with Crippen molar-refractivity contribution in [3.63, 3.8) is 0 Å². The molecule has 0 aliphatic rings. The first-order valence-corrected chi connectivity index (χ1v) is 6.15. The predicted octanol–water partition coefficient (Wildman–Crippen LogP) is 3.55. The first kappa shape index (κ1) is 11.5. The van der Waals surface area contributed by atoms with Gasteiger partial charge in [0.15, 0.2) is 0 Å². The topological polar surface area (TPSA) is 38.1 Å². The van der Waals surface area contributed by atoms with E-state index < -0.39 is 0 Å². The van der Waals surface area contributed by atoms with E-state index in [1.807, 2.05) is 54.1 Å². The maximum atomic E-state index is 9.50. The highest BCUT2D eigenvalue weighted by Gasteiger charge is 2.09. The van der Waals surface area contributed by atoms with Crippen molar-refractivity contribution in [3.8, 4) is 22.7 Å². The van der Waals surface area contributed by atoms with Gasteiger partial charge in [-0.1, -0.05) is 18.2 Å². The predicted molar refractivity (Wildman–Crippen MR) is 75.4 cm³/mol. The second-order valence-electron chi connectivity index (χ2n) is 4.46. The van der Waals surface area contributed by atoms with Gasteiger partial charge in [0, 0.05) is 5.56 Å². The van der Waals surface area contributed by atoms with Crippen molar-refractivity contribution in [2.45, 2.75) is 6.92 Å². The largest absolute Gasteiger partial charge is 0.508 e. The summed E-state index contributed by atoms with van der Waals surface area (Å²) in [5, 5.41) is 13.9. The summed E-state index contributed by atoms with van der Waals surface area (Å²) in [7, 11) is 0. The molecule has 0 amide bonds. The second kappa shape index (κ2) is 4.61. The Morgan fingerprint density at radius 3 is 2.53 bits per heavy atom. The standard InChI is InChI=1S/C16H14N2O/c1-12-11-14(19)7-8-15(12)16-9-10-17-18(16)13-5-3-2-4-6-13/h2-11,19H,1H3. The average molecular weight is 250 g/mol. The molecule has 0 saturated carbocycles. The third-order valence-corrected chi connectivity index (χ3v) is 3.13. The highest BCUT2D eigenvalue weighted by atomic mass is 16.3. The molecular weight excluding hydrogens is 236 g/mol. The van der Waals surface area contributed by atoms with E-state index in [2.05, 4.69) is 5.10 Å². The molecule has 3 rings (SSSR count). The lowest BCUT2D eigenvalue weighted by Gasteiger charge is -2.10. The Morgan fingerprint density at radius 1 is 1.00 bits per heavy atom. The fourth-order valence-electron chi connectivity index (χ4n) is 2.22. The number of rotatable bonds is 2. The van der Waals surface area contributed by atoms with Crippen LogP contribution >= 0.6 is 0 Å². The third kappa shape index (κ3) is 2.10. The molecule has 1 heterocycles. The van der Waals surface area contributed by atoms with E-state index in [4.69, 9.17) is 0 Å². The lowest BCUT2D eigenvalue weighted by molar-refractivity contribution is 0.475. The van der Waals surface area contributed by atoms with Gasteiger partial charge in [0.1, 0.15) is 5.75 Å². The fraction of sp³-hybridized carbons (Fsp3) is 0.0625. The molecule has 3 aromatic rings. The van der Waals surface area contributed by atoms with Crippen LogP contribution in [-0.2, 0) is 0 Å². The van der Waals surface area contributed by atoms with E-state index in [1.54, 1.807) is 18.3 Å². The van der Waals surface area contributed by atoms with Gasteiger partial charge in [0.05, 0.1) is 17.6 Å². The molecule has 1 aromatic heterocycles. The summed E-state index contributed by atoms with van der Waals surface area (Å²) in [6.45, 7) is 1.98. The maximum Gasteiger partial charge on any atom is 0.115 e. The first-order valence-electron chi connectivity index (χ1n) is 6.15. The van der Waals surface area contributed by atoms with Gasteiger partial charge < -0.3 is 5.11 Å². The average Bonchev–Trinajstić information content (AvgIpc) is 2.89. The normalized spacial score (nSPS) is 10.6. The molecule has 3 nitrogen and oxygen atoms in total. The minimum absolute atomic E-state index is 0.284. The summed E-state index contributed by atoms with van der Waals surface area (Å²) in [5.41, 5.74) is 4.13. The van der Waals surface area contributed by atoms with Gasteiger partial charge in [-0.2, -0.15) is 5.10 Å². The highest BCUT2D eigenvalue weighted by molar-refractivity contribution is 5.66. The fourth-order valence-corrected chi connectivity index (χ4v) is 2.22. The molecule has 0 unspecified atom stereocenters. The van der Waals surface area contributed by atoms with Crippen LogP contribution in [-0.4, -0.2) is 14.9 Å². The first-order chi connectivity index (χ1) is 9.25. The van der Waals surface area contributed by atoms with Crippen molar-refractivity contribution in [2.75, 3.05) is 0 Å². The van der Waals surface area contributed by atoms with E-state index >= 15 is 0 Å². The van der Waals surface area contributed by atoms with Crippen molar-refractivity contribution in [2.24, 2.45) is 0 Å². The minimum Gasteiger partial charge on any atom is -0.508 e. The van der Waals surface area contributed by atoms with Crippen molar-refractivity contribution >= 4 is 0 Å². The molecule has 0 fully saturated rings. The van der Waals surface area contributed by atoms with E-state index in [9.17, 15) is 5.11 Å². The molecule has 0 bridgehead atoms. The number of nitrogens with zero attached hydrogens (tertiary/aromatic N) is 2. The number of hydrogen-bond donors (Lipinski definition) is 1. The van der Waals surface area contributed by atoms with Gasteiger partial charge in [0.25, 0.3) is 0 Å².